The van der Waals surface area contributed by atoms with Gasteiger partial charge in [0.2, 0.25) is 5.91 Å². The van der Waals surface area contributed by atoms with Gasteiger partial charge >= 0.3 is 6.03 Å². The first-order chi connectivity index (χ1) is 12.4. The highest BCUT2D eigenvalue weighted by Gasteiger charge is 2.48. The van der Waals surface area contributed by atoms with Crippen molar-refractivity contribution >= 4 is 11.9 Å². The second kappa shape index (κ2) is 7.50. The van der Waals surface area contributed by atoms with Crippen molar-refractivity contribution in [3.8, 4) is 0 Å². The molecule has 2 fully saturated rings. The van der Waals surface area contributed by atoms with Crippen LogP contribution in [0.1, 0.15) is 37.8 Å². The molecule has 0 spiro atoms. The number of urea groups is 1. The van der Waals surface area contributed by atoms with E-state index in [1.165, 1.54) is 0 Å². The number of carbonyl (C=O) groups excluding carboxylic acids is 2. The van der Waals surface area contributed by atoms with Gasteiger partial charge in [0, 0.05) is 19.0 Å². The Bertz CT molecular complexity index is 670. The number of nitrogens with zero attached hydrogens (tertiary/aromatic N) is 1. The van der Waals surface area contributed by atoms with Gasteiger partial charge in [0.1, 0.15) is 0 Å². The maximum absolute atomic E-state index is 12.7. The average molecular weight is 357 g/mol. The third-order valence-corrected chi connectivity index (χ3v) is 5.23. The van der Waals surface area contributed by atoms with E-state index in [4.69, 9.17) is 0 Å². The zero-order valence-electron chi connectivity index (χ0n) is 15.1. The molecule has 26 heavy (non-hydrogen) atoms. The maximum atomic E-state index is 12.7. The van der Waals surface area contributed by atoms with Gasteiger partial charge in [-0.25, -0.2) is 4.79 Å². The largest absolute Gasteiger partial charge is 0.388 e. The molecule has 3 atom stereocenters. The van der Waals surface area contributed by atoms with Crippen LogP contribution in [0.25, 0.3) is 0 Å². The molecule has 3 N–H and O–H groups in total. The summed E-state index contributed by atoms with van der Waals surface area (Å²) in [4.78, 5) is 26.8. The van der Waals surface area contributed by atoms with E-state index in [0.717, 1.165) is 18.4 Å². The first kappa shape index (κ1) is 18.5. The van der Waals surface area contributed by atoms with Crippen LogP contribution >= 0.6 is 0 Å². The molecule has 140 valence electrons. The Hall–Kier alpha value is -2.34. The number of hydrogen-bond donors (Lipinski definition) is 3. The van der Waals surface area contributed by atoms with Gasteiger partial charge in [0.05, 0.1) is 17.7 Å². The van der Waals surface area contributed by atoms with Gasteiger partial charge in [-0.1, -0.05) is 36.4 Å². The molecule has 0 unspecified atom stereocenters. The van der Waals surface area contributed by atoms with Crippen molar-refractivity contribution in [2.45, 2.75) is 43.9 Å². The highest BCUT2D eigenvalue weighted by atomic mass is 16.3. The third-order valence-electron chi connectivity index (χ3n) is 5.23. The number of piperidine rings is 1. The van der Waals surface area contributed by atoms with E-state index in [1.54, 1.807) is 17.9 Å². The molecule has 1 aromatic rings. The lowest BCUT2D eigenvalue weighted by Gasteiger charge is -2.49. The highest BCUT2D eigenvalue weighted by molar-refractivity contribution is 5.82. The lowest BCUT2D eigenvalue weighted by molar-refractivity contribution is -0.128. The van der Waals surface area contributed by atoms with E-state index >= 15 is 0 Å². The van der Waals surface area contributed by atoms with Gasteiger partial charge in [-0.05, 0) is 31.7 Å². The van der Waals surface area contributed by atoms with E-state index in [2.05, 4.69) is 17.2 Å². The molecule has 1 aliphatic carbocycles. The number of rotatable bonds is 5. The number of aliphatic hydroxyl groups is 1. The summed E-state index contributed by atoms with van der Waals surface area (Å²) in [6.07, 6.45) is 3.80. The van der Waals surface area contributed by atoms with Crippen molar-refractivity contribution in [3.63, 3.8) is 0 Å². The first-order valence-corrected chi connectivity index (χ1v) is 9.17. The zero-order chi connectivity index (χ0) is 18.7. The Labute approximate surface area is 154 Å². The molecule has 0 aromatic heterocycles. The molecule has 1 saturated carbocycles. The van der Waals surface area contributed by atoms with Crippen LogP contribution in [-0.4, -0.2) is 46.7 Å². The minimum Gasteiger partial charge on any atom is -0.388 e. The molecule has 1 saturated heterocycles. The minimum atomic E-state index is -1.10. The summed E-state index contributed by atoms with van der Waals surface area (Å²) in [5, 5.41) is 16.8. The smallest absolute Gasteiger partial charge is 0.318 e. The van der Waals surface area contributed by atoms with Gasteiger partial charge in [-0.2, -0.15) is 0 Å². The normalized spacial score (nSPS) is 28.3. The van der Waals surface area contributed by atoms with Crippen LogP contribution in [0.15, 0.2) is 43.0 Å². The summed E-state index contributed by atoms with van der Waals surface area (Å²) in [6, 6.07) is 8.33. The average Bonchev–Trinajstić information content (AvgIpc) is 3.47. The number of nitrogens with one attached hydrogen (secondary N) is 2. The number of likely N-dealkylation sites (tertiary alicyclic amines) is 1. The summed E-state index contributed by atoms with van der Waals surface area (Å²) in [7, 11) is 0. The van der Waals surface area contributed by atoms with Crippen molar-refractivity contribution in [2.24, 2.45) is 5.92 Å². The van der Waals surface area contributed by atoms with Gasteiger partial charge in [-0.3, -0.25) is 4.79 Å². The molecule has 6 heteroatoms. The Morgan fingerprint density at radius 2 is 2.04 bits per heavy atom. The molecular formula is C20H27N3O3. The topological polar surface area (TPSA) is 81.7 Å². The Morgan fingerprint density at radius 1 is 1.35 bits per heavy atom. The summed E-state index contributed by atoms with van der Waals surface area (Å²) < 4.78 is 0. The third kappa shape index (κ3) is 3.90. The summed E-state index contributed by atoms with van der Waals surface area (Å²) in [6.45, 7) is 6.14. The van der Waals surface area contributed by atoms with Gasteiger partial charge in [-0.15, -0.1) is 6.58 Å². The fraction of sp³-hybridized carbons (Fsp3) is 0.500. The fourth-order valence-electron chi connectivity index (χ4n) is 3.52. The fourth-order valence-corrected chi connectivity index (χ4v) is 3.52. The summed E-state index contributed by atoms with van der Waals surface area (Å²) in [5.41, 5.74) is -0.206. The number of hydrogen-bond acceptors (Lipinski definition) is 3. The van der Waals surface area contributed by atoms with E-state index in [0.29, 0.717) is 19.5 Å². The van der Waals surface area contributed by atoms with Gasteiger partial charge in [0.25, 0.3) is 0 Å². The van der Waals surface area contributed by atoms with Crippen LogP contribution in [0, 0.1) is 5.92 Å². The van der Waals surface area contributed by atoms with Crippen molar-refractivity contribution in [3.05, 3.63) is 48.6 Å². The number of benzene rings is 1. The van der Waals surface area contributed by atoms with Crippen molar-refractivity contribution in [2.75, 3.05) is 13.1 Å². The molecule has 0 radical (unpaired) electrons. The Balaban J connectivity index is 1.93. The van der Waals surface area contributed by atoms with Gasteiger partial charge < -0.3 is 20.6 Å². The lowest BCUT2D eigenvalue weighted by Crippen LogP contribution is -2.64. The van der Waals surface area contributed by atoms with Crippen molar-refractivity contribution in [1.82, 2.24) is 15.5 Å². The predicted molar refractivity (Wildman–Crippen MR) is 99.4 cm³/mol. The number of amides is 3. The standard InChI is InChI=1S/C20H27N3O3/c1-3-12-21-19(25)23-13-11-20(2,26)17(22-18(24)15-9-10-15)16(23)14-7-5-4-6-8-14/h3-8,15-17,26H,1,9-13H2,2H3,(H,21,25)(H,22,24)/t16-,17-,20+/m0/s1. The quantitative estimate of drug-likeness (QED) is 0.705. The Morgan fingerprint density at radius 3 is 2.65 bits per heavy atom. The van der Waals surface area contributed by atoms with Crippen LogP contribution in [0.3, 0.4) is 0 Å². The van der Waals surface area contributed by atoms with E-state index in [9.17, 15) is 14.7 Å². The Kier molecular flexibility index (Phi) is 5.32. The van der Waals surface area contributed by atoms with Crippen LogP contribution in [0.2, 0.25) is 0 Å². The molecule has 3 rings (SSSR count). The van der Waals surface area contributed by atoms with Crippen molar-refractivity contribution < 1.29 is 14.7 Å². The zero-order valence-corrected chi connectivity index (χ0v) is 15.1. The molecule has 6 nitrogen and oxygen atoms in total. The van der Waals surface area contributed by atoms with E-state index < -0.39 is 17.7 Å². The summed E-state index contributed by atoms with van der Waals surface area (Å²) >= 11 is 0. The molecule has 3 amide bonds. The van der Waals surface area contributed by atoms with Crippen LogP contribution in [0.5, 0.6) is 0 Å². The lowest BCUT2D eigenvalue weighted by atomic mass is 9.79. The number of carbonyl (C=O) groups is 2. The summed E-state index contributed by atoms with van der Waals surface area (Å²) in [5.74, 6) is -0.00301. The minimum absolute atomic E-state index is 0.0344. The molecule has 1 heterocycles. The highest BCUT2D eigenvalue weighted by Crippen LogP contribution is 2.38. The second-order valence-corrected chi connectivity index (χ2v) is 7.39. The van der Waals surface area contributed by atoms with Gasteiger partial charge in [0.15, 0.2) is 0 Å². The predicted octanol–water partition coefficient (Wildman–Crippen LogP) is 1.97. The van der Waals surface area contributed by atoms with Crippen LogP contribution in [0.4, 0.5) is 4.79 Å². The maximum Gasteiger partial charge on any atom is 0.318 e. The monoisotopic (exact) mass is 357 g/mol. The second-order valence-electron chi connectivity index (χ2n) is 7.39. The van der Waals surface area contributed by atoms with Crippen LogP contribution < -0.4 is 10.6 Å². The molecule has 1 aliphatic heterocycles. The van der Waals surface area contributed by atoms with E-state index in [-0.39, 0.29) is 17.9 Å². The SMILES string of the molecule is C=CCNC(=O)N1CC[C@@](C)(O)[C@@H](NC(=O)C2CC2)[C@@H]1c1ccccc1. The molecule has 0 bridgehead atoms. The van der Waals surface area contributed by atoms with Crippen LogP contribution in [-0.2, 0) is 4.79 Å². The first-order valence-electron chi connectivity index (χ1n) is 9.17. The van der Waals surface area contributed by atoms with E-state index in [1.807, 2.05) is 30.3 Å². The molecule has 2 aliphatic rings. The molecular weight excluding hydrogens is 330 g/mol. The molecule has 1 aromatic carbocycles. The van der Waals surface area contributed by atoms with Crippen molar-refractivity contribution in [1.29, 1.82) is 0 Å².